The minimum absolute atomic E-state index is 0.796. The first-order valence-corrected chi connectivity index (χ1v) is 7.59. The Morgan fingerprint density at radius 3 is 2.56 bits per heavy atom. The Bertz CT molecular complexity index is 268. The van der Waals surface area contributed by atoms with Gasteiger partial charge in [0.25, 0.3) is 0 Å². The zero-order valence-corrected chi connectivity index (χ0v) is 11.6. The SMILES string of the molecule is CNCC1CCC1N1CCC(N2CCOCC2)C1. The Morgan fingerprint density at radius 1 is 1.06 bits per heavy atom. The fourth-order valence-corrected chi connectivity index (χ4v) is 3.84. The Morgan fingerprint density at radius 2 is 1.89 bits per heavy atom. The van der Waals surface area contributed by atoms with E-state index >= 15 is 0 Å². The van der Waals surface area contributed by atoms with E-state index in [1.807, 2.05) is 0 Å². The molecule has 0 radical (unpaired) electrons. The van der Waals surface area contributed by atoms with Crippen molar-refractivity contribution in [3.8, 4) is 0 Å². The molecule has 1 N–H and O–H groups in total. The van der Waals surface area contributed by atoms with Gasteiger partial charge in [-0.3, -0.25) is 9.80 Å². The van der Waals surface area contributed by atoms with Crippen LogP contribution in [-0.2, 0) is 4.74 Å². The van der Waals surface area contributed by atoms with E-state index < -0.39 is 0 Å². The molecule has 0 aromatic carbocycles. The van der Waals surface area contributed by atoms with Gasteiger partial charge in [-0.25, -0.2) is 0 Å². The van der Waals surface area contributed by atoms with Gasteiger partial charge in [0.05, 0.1) is 13.2 Å². The molecule has 3 fully saturated rings. The average Bonchev–Trinajstić information content (AvgIpc) is 2.85. The first kappa shape index (κ1) is 12.9. The molecule has 3 atom stereocenters. The van der Waals surface area contributed by atoms with E-state index in [2.05, 4.69) is 22.2 Å². The second-order valence-corrected chi connectivity index (χ2v) is 6.05. The standard InChI is InChI=1S/C14H27N3O/c1-15-10-12-2-3-14(12)17-5-4-13(11-17)16-6-8-18-9-7-16/h12-15H,2-11H2,1H3. The summed E-state index contributed by atoms with van der Waals surface area (Å²) < 4.78 is 5.45. The van der Waals surface area contributed by atoms with Crippen molar-refractivity contribution >= 4 is 0 Å². The van der Waals surface area contributed by atoms with Crippen molar-refractivity contribution in [2.24, 2.45) is 5.92 Å². The van der Waals surface area contributed by atoms with Gasteiger partial charge in [0, 0.05) is 38.3 Å². The smallest absolute Gasteiger partial charge is 0.0594 e. The highest BCUT2D eigenvalue weighted by Crippen LogP contribution is 2.34. The predicted molar refractivity (Wildman–Crippen MR) is 72.8 cm³/mol. The molecule has 0 bridgehead atoms. The van der Waals surface area contributed by atoms with Crippen molar-refractivity contribution in [3.63, 3.8) is 0 Å². The van der Waals surface area contributed by atoms with Gasteiger partial charge >= 0.3 is 0 Å². The highest BCUT2D eigenvalue weighted by atomic mass is 16.5. The van der Waals surface area contributed by atoms with Crippen molar-refractivity contribution in [1.82, 2.24) is 15.1 Å². The fraction of sp³-hybridized carbons (Fsp3) is 1.00. The average molecular weight is 253 g/mol. The van der Waals surface area contributed by atoms with Crippen LogP contribution in [0, 0.1) is 5.92 Å². The summed E-state index contributed by atoms with van der Waals surface area (Å²) in [5.74, 6) is 0.901. The van der Waals surface area contributed by atoms with Crippen LogP contribution in [0.15, 0.2) is 0 Å². The van der Waals surface area contributed by atoms with Gasteiger partial charge in [0.1, 0.15) is 0 Å². The molecule has 2 aliphatic heterocycles. The summed E-state index contributed by atoms with van der Waals surface area (Å²) in [5.41, 5.74) is 0. The molecule has 2 heterocycles. The van der Waals surface area contributed by atoms with E-state index in [0.717, 1.165) is 44.3 Å². The second kappa shape index (κ2) is 5.87. The molecule has 1 aliphatic carbocycles. The molecule has 3 rings (SSSR count). The van der Waals surface area contributed by atoms with Crippen molar-refractivity contribution in [1.29, 1.82) is 0 Å². The largest absolute Gasteiger partial charge is 0.379 e. The minimum atomic E-state index is 0.796. The van der Waals surface area contributed by atoms with Crippen LogP contribution in [0.1, 0.15) is 19.3 Å². The van der Waals surface area contributed by atoms with Crippen LogP contribution in [0.3, 0.4) is 0 Å². The lowest BCUT2D eigenvalue weighted by Crippen LogP contribution is -2.51. The molecule has 18 heavy (non-hydrogen) atoms. The van der Waals surface area contributed by atoms with E-state index in [4.69, 9.17) is 4.74 Å². The summed E-state index contributed by atoms with van der Waals surface area (Å²) >= 11 is 0. The number of nitrogens with zero attached hydrogens (tertiary/aromatic N) is 2. The van der Waals surface area contributed by atoms with Gasteiger partial charge in [-0.05, 0) is 38.8 Å². The van der Waals surface area contributed by atoms with Crippen LogP contribution < -0.4 is 5.32 Å². The monoisotopic (exact) mass is 253 g/mol. The highest BCUT2D eigenvalue weighted by molar-refractivity contribution is 4.95. The molecule has 104 valence electrons. The van der Waals surface area contributed by atoms with Crippen LogP contribution in [0.4, 0.5) is 0 Å². The van der Waals surface area contributed by atoms with Crippen molar-refractivity contribution in [2.45, 2.75) is 31.3 Å². The van der Waals surface area contributed by atoms with Crippen LogP contribution in [0.2, 0.25) is 0 Å². The molecule has 0 spiro atoms. The number of likely N-dealkylation sites (tertiary alicyclic amines) is 1. The topological polar surface area (TPSA) is 27.7 Å². The van der Waals surface area contributed by atoms with E-state index in [0.29, 0.717) is 0 Å². The third-order valence-corrected chi connectivity index (χ3v) is 5.07. The minimum Gasteiger partial charge on any atom is -0.379 e. The van der Waals surface area contributed by atoms with Gasteiger partial charge in [-0.2, -0.15) is 0 Å². The molecule has 0 aromatic heterocycles. The van der Waals surface area contributed by atoms with Gasteiger partial charge in [-0.15, -0.1) is 0 Å². The van der Waals surface area contributed by atoms with Crippen molar-refractivity contribution in [3.05, 3.63) is 0 Å². The van der Waals surface area contributed by atoms with Crippen LogP contribution in [0.25, 0.3) is 0 Å². The second-order valence-electron chi connectivity index (χ2n) is 6.05. The van der Waals surface area contributed by atoms with E-state index in [1.165, 1.54) is 38.9 Å². The van der Waals surface area contributed by atoms with Crippen molar-refractivity contribution < 1.29 is 4.74 Å². The lowest BCUT2D eigenvalue weighted by Gasteiger charge is -2.43. The Labute approximate surface area is 111 Å². The molecule has 3 unspecified atom stereocenters. The first-order valence-electron chi connectivity index (χ1n) is 7.59. The lowest BCUT2D eigenvalue weighted by atomic mass is 9.78. The number of rotatable bonds is 4. The zero-order chi connectivity index (χ0) is 12.4. The quantitative estimate of drug-likeness (QED) is 0.784. The number of ether oxygens (including phenoxy) is 1. The van der Waals surface area contributed by atoms with Crippen LogP contribution in [-0.4, -0.2) is 74.9 Å². The number of morpholine rings is 1. The molecule has 0 amide bonds. The third kappa shape index (κ3) is 2.57. The number of hydrogen-bond donors (Lipinski definition) is 1. The summed E-state index contributed by atoms with van der Waals surface area (Å²) in [7, 11) is 2.08. The molecule has 4 nitrogen and oxygen atoms in total. The van der Waals surface area contributed by atoms with Gasteiger partial charge in [0.15, 0.2) is 0 Å². The van der Waals surface area contributed by atoms with Gasteiger partial charge in [0.2, 0.25) is 0 Å². The normalized spacial score (nSPS) is 38.8. The molecule has 3 aliphatic rings. The molecular formula is C14H27N3O. The molecule has 0 aromatic rings. The summed E-state index contributed by atoms with van der Waals surface area (Å²) in [4.78, 5) is 5.40. The summed E-state index contributed by atoms with van der Waals surface area (Å²) in [6, 6.07) is 1.66. The third-order valence-electron chi connectivity index (χ3n) is 5.07. The molecular weight excluding hydrogens is 226 g/mol. The maximum atomic E-state index is 5.45. The van der Waals surface area contributed by atoms with Gasteiger partial charge in [-0.1, -0.05) is 0 Å². The Balaban J connectivity index is 1.49. The molecule has 2 saturated heterocycles. The van der Waals surface area contributed by atoms with E-state index in [-0.39, 0.29) is 0 Å². The van der Waals surface area contributed by atoms with Gasteiger partial charge < -0.3 is 10.1 Å². The highest BCUT2D eigenvalue weighted by Gasteiger charge is 2.39. The molecule has 4 heteroatoms. The number of nitrogens with one attached hydrogen (secondary N) is 1. The Kier molecular flexibility index (Phi) is 4.19. The van der Waals surface area contributed by atoms with Crippen molar-refractivity contribution in [2.75, 3.05) is 53.0 Å². The van der Waals surface area contributed by atoms with E-state index in [9.17, 15) is 0 Å². The summed E-state index contributed by atoms with van der Waals surface area (Å²) in [5, 5.41) is 3.34. The summed E-state index contributed by atoms with van der Waals surface area (Å²) in [6.45, 7) is 7.96. The zero-order valence-electron chi connectivity index (χ0n) is 11.6. The number of hydrogen-bond acceptors (Lipinski definition) is 4. The van der Waals surface area contributed by atoms with E-state index in [1.54, 1.807) is 0 Å². The summed E-state index contributed by atoms with van der Waals surface area (Å²) in [6.07, 6.45) is 4.20. The Hall–Kier alpha value is -0.160. The lowest BCUT2D eigenvalue weighted by molar-refractivity contribution is 0.0134. The maximum absolute atomic E-state index is 5.45. The van der Waals surface area contributed by atoms with Crippen LogP contribution >= 0.6 is 0 Å². The maximum Gasteiger partial charge on any atom is 0.0594 e. The molecule has 1 saturated carbocycles. The predicted octanol–water partition coefficient (Wildman–Crippen LogP) is 0.391. The van der Waals surface area contributed by atoms with Crippen LogP contribution in [0.5, 0.6) is 0 Å². The first-order chi connectivity index (χ1) is 8.88. The fourth-order valence-electron chi connectivity index (χ4n) is 3.84.